The Morgan fingerprint density at radius 3 is 3.08 bits per heavy atom. The third-order valence-electron chi connectivity index (χ3n) is 4.77. The minimum absolute atomic E-state index is 0.0993. The van der Waals surface area contributed by atoms with E-state index in [-0.39, 0.29) is 24.3 Å². The van der Waals surface area contributed by atoms with Gasteiger partial charge in [0.15, 0.2) is 5.76 Å². The van der Waals surface area contributed by atoms with Crippen molar-refractivity contribution in [2.75, 3.05) is 0 Å². The van der Waals surface area contributed by atoms with Crippen molar-refractivity contribution in [2.45, 2.75) is 44.5 Å². The summed E-state index contributed by atoms with van der Waals surface area (Å²) in [6.07, 6.45) is 1.85. The molecule has 2 atom stereocenters. The van der Waals surface area contributed by atoms with Gasteiger partial charge >= 0.3 is 0 Å². The van der Waals surface area contributed by atoms with Gasteiger partial charge in [0.25, 0.3) is 5.91 Å². The summed E-state index contributed by atoms with van der Waals surface area (Å²) in [6, 6.07) is 6.31. The van der Waals surface area contributed by atoms with Crippen LogP contribution in [0.3, 0.4) is 0 Å². The van der Waals surface area contributed by atoms with Crippen molar-refractivity contribution in [3.63, 3.8) is 0 Å². The fourth-order valence-electron chi connectivity index (χ4n) is 3.62. The van der Waals surface area contributed by atoms with E-state index in [1.165, 1.54) is 12.1 Å². The van der Waals surface area contributed by atoms with Crippen LogP contribution in [0.1, 0.15) is 52.4 Å². The third kappa shape index (κ3) is 2.99. The third-order valence-corrected chi connectivity index (χ3v) is 6.01. The Balaban J connectivity index is 1.55. The van der Waals surface area contributed by atoms with E-state index in [1.54, 1.807) is 12.1 Å². The van der Waals surface area contributed by atoms with Crippen molar-refractivity contribution >= 4 is 22.7 Å². The molecule has 4 rings (SSSR count). The molecule has 0 saturated heterocycles. The zero-order chi connectivity index (χ0) is 17.6. The number of carbonyl (C=O) groups excluding carboxylic acids is 1. The van der Waals surface area contributed by atoms with Crippen molar-refractivity contribution in [1.82, 2.24) is 5.32 Å². The molecular formula is C19H19FN2O2S. The molecule has 2 heterocycles. The van der Waals surface area contributed by atoms with Crippen molar-refractivity contribution in [2.24, 2.45) is 4.99 Å². The lowest BCUT2D eigenvalue weighted by Gasteiger charge is -2.22. The topological polar surface area (TPSA) is 54.6 Å². The van der Waals surface area contributed by atoms with E-state index < -0.39 is 0 Å². The summed E-state index contributed by atoms with van der Waals surface area (Å²) in [5, 5.41) is 4.37. The van der Waals surface area contributed by atoms with E-state index in [0.717, 1.165) is 40.3 Å². The number of nitrogens with zero attached hydrogens (tertiary/aromatic N) is 1. The summed E-state index contributed by atoms with van der Waals surface area (Å²) in [5.41, 5.74) is 2.67. The SMILES string of the molecule is CC1=N[C@@H]2c3c(oc(C(=O)NCc4cccc(F)c4)c3C)CC[C@@H]2S1. The van der Waals surface area contributed by atoms with Crippen LogP contribution in [0.4, 0.5) is 4.39 Å². The van der Waals surface area contributed by atoms with Gasteiger partial charge in [0.05, 0.1) is 11.1 Å². The van der Waals surface area contributed by atoms with Gasteiger partial charge in [0, 0.05) is 29.3 Å². The molecule has 25 heavy (non-hydrogen) atoms. The lowest BCUT2D eigenvalue weighted by molar-refractivity contribution is 0.0920. The highest BCUT2D eigenvalue weighted by Crippen LogP contribution is 2.47. The summed E-state index contributed by atoms with van der Waals surface area (Å²) in [4.78, 5) is 17.3. The largest absolute Gasteiger partial charge is 0.455 e. The Morgan fingerprint density at radius 2 is 2.28 bits per heavy atom. The number of carbonyl (C=O) groups is 1. The molecule has 2 aromatic rings. The van der Waals surface area contributed by atoms with E-state index >= 15 is 0 Å². The molecule has 4 nitrogen and oxygen atoms in total. The van der Waals surface area contributed by atoms with Crippen LogP contribution in [-0.2, 0) is 13.0 Å². The number of fused-ring (bicyclic) bond motifs is 3. The van der Waals surface area contributed by atoms with E-state index in [1.807, 2.05) is 25.6 Å². The zero-order valence-electron chi connectivity index (χ0n) is 14.1. The van der Waals surface area contributed by atoms with E-state index in [2.05, 4.69) is 5.32 Å². The van der Waals surface area contributed by atoms with E-state index in [0.29, 0.717) is 11.0 Å². The summed E-state index contributed by atoms with van der Waals surface area (Å²) in [5.74, 6) is 0.661. The molecule has 1 aromatic heterocycles. The predicted octanol–water partition coefficient (Wildman–Crippen LogP) is 4.18. The standard InChI is InChI=1S/C19H19FN2O2S/c1-10-16-14(6-7-15-17(16)22-11(2)25-15)24-18(10)19(23)21-9-12-4-3-5-13(20)8-12/h3-5,8,15,17H,6-7,9H2,1-2H3,(H,21,23)/t15-,17-/m0/s1. The van der Waals surface area contributed by atoms with Crippen LogP contribution in [-0.4, -0.2) is 16.2 Å². The van der Waals surface area contributed by atoms with Gasteiger partial charge in [0.1, 0.15) is 11.6 Å². The second-order valence-electron chi connectivity index (χ2n) is 6.49. The summed E-state index contributed by atoms with van der Waals surface area (Å²) in [6.45, 7) is 4.22. The average Bonchev–Trinajstić information content (AvgIpc) is 3.12. The highest BCUT2D eigenvalue weighted by molar-refractivity contribution is 8.14. The van der Waals surface area contributed by atoms with Crippen molar-refractivity contribution in [3.05, 3.63) is 58.3 Å². The molecule has 1 amide bonds. The highest BCUT2D eigenvalue weighted by atomic mass is 32.2. The molecule has 6 heteroatoms. The van der Waals surface area contributed by atoms with Crippen LogP contribution in [0.25, 0.3) is 0 Å². The predicted molar refractivity (Wildman–Crippen MR) is 96.6 cm³/mol. The number of thioether (sulfide) groups is 1. The number of rotatable bonds is 3. The Labute approximate surface area is 149 Å². The first-order valence-corrected chi connectivity index (χ1v) is 9.26. The Bertz CT molecular complexity index is 874. The van der Waals surface area contributed by atoms with E-state index in [4.69, 9.17) is 9.41 Å². The minimum Gasteiger partial charge on any atom is -0.455 e. The number of halogens is 1. The van der Waals surface area contributed by atoms with Gasteiger partial charge in [-0.3, -0.25) is 9.79 Å². The number of amides is 1. The number of benzene rings is 1. The summed E-state index contributed by atoms with van der Waals surface area (Å²) < 4.78 is 19.1. The van der Waals surface area contributed by atoms with Gasteiger partial charge in [-0.1, -0.05) is 12.1 Å². The number of hydrogen-bond acceptors (Lipinski definition) is 4. The fourth-order valence-corrected chi connectivity index (χ4v) is 4.79. The molecule has 1 N–H and O–H groups in total. The second kappa shape index (κ2) is 6.33. The van der Waals surface area contributed by atoms with Crippen molar-refractivity contribution in [1.29, 1.82) is 0 Å². The van der Waals surface area contributed by atoms with Gasteiger partial charge in [0.2, 0.25) is 0 Å². The molecule has 1 aromatic carbocycles. The van der Waals surface area contributed by atoms with Gasteiger partial charge in [-0.2, -0.15) is 0 Å². The summed E-state index contributed by atoms with van der Waals surface area (Å²) >= 11 is 1.82. The van der Waals surface area contributed by atoms with Crippen LogP contribution < -0.4 is 5.32 Å². The number of hydrogen-bond donors (Lipinski definition) is 1. The highest BCUT2D eigenvalue weighted by Gasteiger charge is 2.39. The van der Waals surface area contributed by atoms with Crippen LogP contribution in [0, 0.1) is 12.7 Å². The van der Waals surface area contributed by atoms with Gasteiger partial charge < -0.3 is 9.73 Å². The number of aryl methyl sites for hydroxylation is 1. The average molecular weight is 358 g/mol. The zero-order valence-corrected chi connectivity index (χ0v) is 15.0. The molecule has 1 aliphatic carbocycles. The first kappa shape index (κ1) is 16.4. The molecular weight excluding hydrogens is 339 g/mol. The Kier molecular flexibility index (Phi) is 4.15. The van der Waals surface area contributed by atoms with Gasteiger partial charge in [-0.25, -0.2) is 4.39 Å². The Hall–Kier alpha value is -2.08. The first-order valence-electron chi connectivity index (χ1n) is 8.39. The number of aliphatic imine (C=N–C) groups is 1. The van der Waals surface area contributed by atoms with Crippen molar-refractivity contribution in [3.8, 4) is 0 Å². The molecule has 0 fully saturated rings. The number of nitrogens with one attached hydrogen (secondary N) is 1. The number of furan rings is 1. The van der Waals surface area contributed by atoms with Crippen LogP contribution in [0.15, 0.2) is 33.7 Å². The van der Waals surface area contributed by atoms with Crippen LogP contribution >= 0.6 is 11.8 Å². The maximum atomic E-state index is 13.2. The van der Waals surface area contributed by atoms with Gasteiger partial charge in [-0.05, 0) is 38.0 Å². The maximum absolute atomic E-state index is 13.2. The molecule has 130 valence electrons. The minimum atomic E-state index is -0.311. The lowest BCUT2D eigenvalue weighted by Crippen LogP contribution is -2.23. The molecule has 0 bridgehead atoms. The Morgan fingerprint density at radius 1 is 1.44 bits per heavy atom. The molecule has 0 spiro atoms. The van der Waals surface area contributed by atoms with Crippen LogP contribution in [0.2, 0.25) is 0 Å². The molecule has 0 radical (unpaired) electrons. The normalized spacial score (nSPS) is 21.5. The second-order valence-corrected chi connectivity index (χ2v) is 7.93. The van der Waals surface area contributed by atoms with Gasteiger partial charge in [-0.15, -0.1) is 11.8 Å². The fraction of sp³-hybridized carbons (Fsp3) is 0.368. The van der Waals surface area contributed by atoms with Crippen molar-refractivity contribution < 1.29 is 13.6 Å². The molecule has 0 unspecified atom stereocenters. The molecule has 1 aliphatic heterocycles. The van der Waals surface area contributed by atoms with E-state index in [9.17, 15) is 9.18 Å². The molecule has 0 saturated carbocycles. The quantitative estimate of drug-likeness (QED) is 0.896. The monoisotopic (exact) mass is 358 g/mol. The molecule has 2 aliphatic rings. The first-order chi connectivity index (χ1) is 12.0. The lowest BCUT2D eigenvalue weighted by atomic mass is 9.90. The summed E-state index contributed by atoms with van der Waals surface area (Å²) in [7, 11) is 0. The van der Waals surface area contributed by atoms with Crippen LogP contribution in [0.5, 0.6) is 0 Å². The smallest absolute Gasteiger partial charge is 0.287 e. The maximum Gasteiger partial charge on any atom is 0.287 e.